The van der Waals surface area contributed by atoms with Crippen LogP contribution in [0.25, 0.3) is 0 Å². The van der Waals surface area contributed by atoms with Crippen LogP contribution in [0.4, 0.5) is 10.8 Å². The Labute approximate surface area is 118 Å². The average molecular weight is 294 g/mol. The van der Waals surface area contributed by atoms with Crippen molar-refractivity contribution in [1.82, 2.24) is 4.98 Å². The van der Waals surface area contributed by atoms with Gasteiger partial charge in [0, 0.05) is 5.38 Å². The lowest BCUT2D eigenvalue weighted by Gasteiger charge is -2.04. The highest BCUT2D eigenvalue weighted by atomic mass is 35.5. The Kier molecular flexibility index (Phi) is 4.00. The number of methoxy groups -OCH3 is 1. The zero-order valence-corrected chi connectivity index (χ0v) is 11.4. The number of ether oxygens (including phenoxy) is 1. The zero-order chi connectivity index (χ0) is 13.8. The number of anilines is 2. The third-order valence-electron chi connectivity index (χ3n) is 2.24. The minimum absolute atomic E-state index is 0.236. The molecule has 0 saturated heterocycles. The van der Waals surface area contributed by atoms with E-state index in [1.807, 2.05) is 6.07 Å². The van der Waals surface area contributed by atoms with Crippen molar-refractivity contribution < 1.29 is 9.53 Å². The molecule has 5 nitrogen and oxygen atoms in total. The lowest BCUT2D eigenvalue weighted by molar-refractivity contribution is 0.0595. The van der Waals surface area contributed by atoms with Gasteiger partial charge in [-0.15, -0.1) is 11.3 Å². The fourth-order valence-electron chi connectivity index (χ4n) is 1.33. The van der Waals surface area contributed by atoms with Crippen molar-refractivity contribution in [2.24, 2.45) is 0 Å². The number of nitriles is 1. The van der Waals surface area contributed by atoms with E-state index in [1.165, 1.54) is 18.4 Å². The van der Waals surface area contributed by atoms with Gasteiger partial charge in [0.25, 0.3) is 0 Å². The Balaban J connectivity index is 2.20. The van der Waals surface area contributed by atoms with Crippen LogP contribution in [-0.2, 0) is 4.74 Å². The van der Waals surface area contributed by atoms with E-state index in [9.17, 15) is 4.79 Å². The summed E-state index contributed by atoms with van der Waals surface area (Å²) in [5.74, 6) is -0.491. The second kappa shape index (κ2) is 5.69. The van der Waals surface area contributed by atoms with Gasteiger partial charge in [0.15, 0.2) is 10.8 Å². The smallest absolute Gasteiger partial charge is 0.357 e. The van der Waals surface area contributed by atoms with E-state index in [0.717, 1.165) is 0 Å². The van der Waals surface area contributed by atoms with Crippen molar-refractivity contribution in [2.75, 3.05) is 12.4 Å². The first-order valence-corrected chi connectivity index (χ1v) is 6.40. The maximum Gasteiger partial charge on any atom is 0.357 e. The molecular weight excluding hydrogens is 286 g/mol. The number of benzene rings is 1. The van der Waals surface area contributed by atoms with Gasteiger partial charge in [0.2, 0.25) is 0 Å². The lowest BCUT2D eigenvalue weighted by atomic mass is 10.2. The highest BCUT2D eigenvalue weighted by molar-refractivity contribution is 7.14. The number of halogens is 1. The van der Waals surface area contributed by atoms with Crippen LogP contribution in [0.1, 0.15) is 16.1 Å². The van der Waals surface area contributed by atoms with Gasteiger partial charge in [-0.2, -0.15) is 5.26 Å². The normalized spacial score (nSPS) is 9.74. The molecule has 0 spiro atoms. The standard InChI is InChI=1S/C12H8ClN3O2S/c1-18-11(17)10-6-19-12(16-10)15-9-3-2-7(5-14)4-8(9)13/h2-4,6H,1H3,(H,15,16). The first-order valence-electron chi connectivity index (χ1n) is 5.14. The summed E-state index contributed by atoms with van der Waals surface area (Å²) in [7, 11) is 1.30. The predicted octanol–water partition coefficient (Wildman–Crippen LogP) is 3.20. The third kappa shape index (κ3) is 3.02. The van der Waals surface area contributed by atoms with E-state index < -0.39 is 5.97 Å². The molecule has 2 rings (SSSR count). The molecule has 0 aliphatic rings. The summed E-state index contributed by atoms with van der Waals surface area (Å²) in [6, 6.07) is 6.88. The molecule has 1 N–H and O–H groups in total. The molecule has 0 radical (unpaired) electrons. The Morgan fingerprint density at radius 2 is 2.37 bits per heavy atom. The average Bonchev–Trinajstić information content (AvgIpc) is 2.88. The Hall–Kier alpha value is -2.10. The molecule has 19 heavy (non-hydrogen) atoms. The van der Waals surface area contributed by atoms with E-state index in [1.54, 1.807) is 23.6 Å². The molecule has 1 aromatic carbocycles. The second-order valence-corrected chi connectivity index (χ2v) is 4.73. The summed E-state index contributed by atoms with van der Waals surface area (Å²) in [4.78, 5) is 15.3. The molecule has 0 fully saturated rings. The van der Waals surface area contributed by atoms with Gasteiger partial charge >= 0.3 is 5.97 Å². The number of hydrogen-bond acceptors (Lipinski definition) is 6. The quantitative estimate of drug-likeness (QED) is 0.880. The Morgan fingerprint density at radius 1 is 1.58 bits per heavy atom. The van der Waals surface area contributed by atoms with Crippen LogP contribution < -0.4 is 5.32 Å². The van der Waals surface area contributed by atoms with E-state index in [-0.39, 0.29) is 5.69 Å². The fourth-order valence-corrected chi connectivity index (χ4v) is 2.25. The van der Waals surface area contributed by atoms with Crippen LogP contribution in [0, 0.1) is 11.3 Å². The first kappa shape index (κ1) is 13.3. The molecule has 2 aromatic rings. The van der Waals surface area contributed by atoms with Gasteiger partial charge in [-0.1, -0.05) is 11.6 Å². The summed E-state index contributed by atoms with van der Waals surface area (Å²) in [6.07, 6.45) is 0. The summed E-state index contributed by atoms with van der Waals surface area (Å²) in [6.45, 7) is 0. The minimum atomic E-state index is -0.491. The van der Waals surface area contributed by atoms with Gasteiger partial charge < -0.3 is 10.1 Å². The van der Waals surface area contributed by atoms with Crippen molar-refractivity contribution in [2.45, 2.75) is 0 Å². The maximum absolute atomic E-state index is 11.3. The molecule has 96 valence electrons. The molecule has 0 bridgehead atoms. The first-order chi connectivity index (χ1) is 9.13. The second-order valence-electron chi connectivity index (χ2n) is 3.46. The molecule has 0 aliphatic heterocycles. The minimum Gasteiger partial charge on any atom is -0.464 e. The highest BCUT2D eigenvalue weighted by Crippen LogP contribution is 2.28. The van der Waals surface area contributed by atoms with E-state index >= 15 is 0 Å². The fraction of sp³-hybridized carbons (Fsp3) is 0.0833. The van der Waals surface area contributed by atoms with Crippen LogP contribution in [0.5, 0.6) is 0 Å². The highest BCUT2D eigenvalue weighted by Gasteiger charge is 2.11. The van der Waals surface area contributed by atoms with Crippen molar-refractivity contribution in [1.29, 1.82) is 5.26 Å². The van der Waals surface area contributed by atoms with Gasteiger partial charge in [-0.25, -0.2) is 9.78 Å². The number of rotatable bonds is 3. The molecule has 7 heteroatoms. The topological polar surface area (TPSA) is 75.0 Å². The zero-order valence-electron chi connectivity index (χ0n) is 9.81. The number of thiazole rings is 1. The lowest BCUT2D eigenvalue weighted by Crippen LogP contribution is -2.01. The van der Waals surface area contributed by atoms with Crippen molar-refractivity contribution in [3.05, 3.63) is 39.9 Å². The molecular formula is C12H8ClN3O2S. The SMILES string of the molecule is COC(=O)c1csc(Nc2ccc(C#N)cc2Cl)n1. The van der Waals surface area contributed by atoms with Gasteiger partial charge in [-0.05, 0) is 18.2 Å². The third-order valence-corrected chi connectivity index (χ3v) is 3.31. The monoisotopic (exact) mass is 293 g/mol. The molecule has 1 heterocycles. The van der Waals surface area contributed by atoms with Crippen LogP contribution in [0.15, 0.2) is 23.6 Å². The molecule has 0 saturated carbocycles. The molecule has 0 aliphatic carbocycles. The number of nitrogens with zero attached hydrogens (tertiary/aromatic N) is 2. The summed E-state index contributed by atoms with van der Waals surface area (Å²) >= 11 is 7.29. The van der Waals surface area contributed by atoms with Gasteiger partial charge in [0.1, 0.15) is 0 Å². The summed E-state index contributed by atoms with van der Waals surface area (Å²) < 4.78 is 4.57. The number of hydrogen-bond donors (Lipinski definition) is 1. The van der Waals surface area contributed by atoms with Crippen LogP contribution in [0.3, 0.4) is 0 Å². The summed E-state index contributed by atoms with van der Waals surface area (Å²) in [5, 5.41) is 14.2. The number of aromatic nitrogens is 1. The summed E-state index contributed by atoms with van der Waals surface area (Å²) in [5.41, 5.74) is 1.33. The van der Waals surface area contributed by atoms with E-state index in [2.05, 4.69) is 15.0 Å². The molecule has 0 atom stereocenters. The Bertz CT molecular complexity index is 663. The largest absolute Gasteiger partial charge is 0.464 e. The van der Waals surface area contributed by atoms with E-state index in [4.69, 9.17) is 16.9 Å². The maximum atomic E-state index is 11.3. The number of esters is 1. The number of nitrogens with one attached hydrogen (secondary N) is 1. The molecule has 0 amide bonds. The van der Waals surface area contributed by atoms with E-state index in [0.29, 0.717) is 21.4 Å². The van der Waals surface area contributed by atoms with Crippen LogP contribution >= 0.6 is 22.9 Å². The van der Waals surface area contributed by atoms with Crippen LogP contribution in [0.2, 0.25) is 5.02 Å². The van der Waals surface area contributed by atoms with Gasteiger partial charge in [-0.3, -0.25) is 0 Å². The van der Waals surface area contributed by atoms with Crippen LogP contribution in [-0.4, -0.2) is 18.1 Å². The number of carbonyl (C=O) groups excluding carboxylic acids is 1. The number of carbonyl (C=O) groups is 1. The predicted molar refractivity (Wildman–Crippen MR) is 72.9 cm³/mol. The van der Waals surface area contributed by atoms with Crippen molar-refractivity contribution >= 4 is 39.7 Å². The molecule has 0 unspecified atom stereocenters. The molecule has 1 aromatic heterocycles. The van der Waals surface area contributed by atoms with Crippen molar-refractivity contribution in [3.63, 3.8) is 0 Å². The van der Waals surface area contributed by atoms with Crippen molar-refractivity contribution in [3.8, 4) is 6.07 Å². The van der Waals surface area contributed by atoms with Gasteiger partial charge in [0.05, 0.1) is 29.5 Å². The Morgan fingerprint density at radius 3 is 3.00 bits per heavy atom.